The number of esters is 1. The van der Waals surface area contributed by atoms with Crippen LogP contribution in [0, 0.1) is 17.6 Å². The Bertz CT molecular complexity index is 1030. The number of benzene rings is 2. The fourth-order valence-electron chi connectivity index (χ4n) is 3.13. The van der Waals surface area contributed by atoms with Crippen molar-refractivity contribution in [2.24, 2.45) is 5.92 Å². The molecular formula is C21H16F2N2O4. The minimum Gasteiger partial charge on any atom is -0.459 e. The lowest BCUT2D eigenvalue weighted by Gasteiger charge is -2.16. The van der Waals surface area contributed by atoms with Crippen LogP contribution in [0.25, 0.3) is 11.3 Å². The summed E-state index contributed by atoms with van der Waals surface area (Å²) >= 11 is 0. The molecule has 1 aliphatic heterocycles. The van der Waals surface area contributed by atoms with E-state index in [1.165, 1.54) is 41.3 Å². The van der Waals surface area contributed by atoms with Crippen LogP contribution in [0.15, 0.2) is 59.1 Å². The fourth-order valence-corrected chi connectivity index (χ4v) is 3.13. The molecule has 148 valence electrons. The number of anilines is 1. The summed E-state index contributed by atoms with van der Waals surface area (Å²) < 4.78 is 36.5. The number of aromatic nitrogens is 1. The van der Waals surface area contributed by atoms with E-state index in [9.17, 15) is 18.4 Å². The van der Waals surface area contributed by atoms with Crippen molar-refractivity contribution in [3.63, 3.8) is 0 Å². The Hall–Kier alpha value is -3.55. The molecule has 0 spiro atoms. The molecule has 29 heavy (non-hydrogen) atoms. The zero-order valence-corrected chi connectivity index (χ0v) is 15.2. The number of carbonyl (C=O) groups excluding carboxylic acids is 2. The van der Waals surface area contributed by atoms with Crippen LogP contribution in [0.4, 0.5) is 14.5 Å². The average molecular weight is 398 g/mol. The third kappa shape index (κ3) is 4.16. The van der Waals surface area contributed by atoms with Crippen LogP contribution < -0.4 is 4.90 Å². The molecule has 1 unspecified atom stereocenters. The molecule has 4 rings (SSSR count). The summed E-state index contributed by atoms with van der Waals surface area (Å²) in [6.07, 6.45) is 0.0237. The first-order chi connectivity index (χ1) is 14.0. The van der Waals surface area contributed by atoms with Crippen molar-refractivity contribution in [2.45, 2.75) is 13.0 Å². The predicted molar refractivity (Wildman–Crippen MR) is 98.6 cm³/mol. The van der Waals surface area contributed by atoms with Gasteiger partial charge in [0.1, 0.15) is 23.9 Å². The molecule has 1 fully saturated rings. The molecule has 1 aromatic heterocycles. The Kier molecular flexibility index (Phi) is 5.07. The largest absolute Gasteiger partial charge is 0.459 e. The highest BCUT2D eigenvalue weighted by atomic mass is 19.1. The van der Waals surface area contributed by atoms with Gasteiger partial charge in [0.05, 0.1) is 5.92 Å². The third-order valence-corrected chi connectivity index (χ3v) is 4.65. The van der Waals surface area contributed by atoms with Crippen molar-refractivity contribution in [3.05, 3.63) is 71.9 Å². The first-order valence-electron chi connectivity index (χ1n) is 8.94. The molecule has 2 aromatic carbocycles. The van der Waals surface area contributed by atoms with E-state index in [4.69, 9.17) is 9.26 Å². The maximum absolute atomic E-state index is 13.1. The second-order valence-corrected chi connectivity index (χ2v) is 6.68. The van der Waals surface area contributed by atoms with Gasteiger partial charge < -0.3 is 14.2 Å². The van der Waals surface area contributed by atoms with Crippen LogP contribution >= 0.6 is 0 Å². The van der Waals surface area contributed by atoms with E-state index in [1.807, 2.05) is 0 Å². The minimum absolute atomic E-state index is 0.0237. The molecule has 0 radical (unpaired) electrons. The quantitative estimate of drug-likeness (QED) is 0.613. The van der Waals surface area contributed by atoms with Gasteiger partial charge in [-0.15, -0.1) is 0 Å². The maximum Gasteiger partial charge on any atom is 0.311 e. The van der Waals surface area contributed by atoms with Crippen LogP contribution in [-0.4, -0.2) is 23.6 Å². The Morgan fingerprint density at radius 3 is 2.45 bits per heavy atom. The van der Waals surface area contributed by atoms with Crippen LogP contribution in [0.2, 0.25) is 0 Å². The first-order valence-corrected chi connectivity index (χ1v) is 8.94. The van der Waals surface area contributed by atoms with Gasteiger partial charge in [0.2, 0.25) is 5.91 Å². The van der Waals surface area contributed by atoms with Gasteiger partial charge in [0, 0.05) is 30.3 Å². The molecule has 6 nitrogen and oxygen atoms in total. The molecule has 1 aliphatic rings. The number of hydrogen-bond acceptors (Lipinski definition) is 5. The summed E-state index contributed by atoms with van der Waals surface area (Å²) in [6, 6.07) is 12.8. The molecule has 1 atom stereocenters. The topological polar surface area (TPSA) is 72.6 Å². The van der Waals surface area contributed by atoms with E-state index in [0.717, 1.165) is 0 Å². The van der Waals surface area contributed by atoms with Crippen molar-refractivity contribution in [1.29, 1.82) is 0 Å². The number of rotatable bonds is 5. The molecule has 1 saturated heterocycles. The second kappa shape index (κ2) is 7.83. The lowest BCUT2D eigenvalue weighted by Crippen LogP contribution is -2.26. The number of ether oxygens (including phenoxy) is 1. The highest BCUT2D eigenvalue weighted by Crippen LogP contribution is 2.26. The summed E-state index contributed by atoms with van der Waals surface area (Å²) in [5.41, 5.74) is 1.58. The molecular weight excluding hydrogens is 382 g/mol. The van der Waals surface area contributed by atoms with Crippen molar-refractivity contribution >= 4 is 17.6 Å². The standard InChI is InChI=1S/C21H16F2N2O4/c22-15-3-1-13(2-4-15)19-10-17(24-29-19)12-28-21(27)14-9-20(26)25(11-14)18-7-5-16(23)6-8-18/h1-8,10,14H,9,11-12H2. The second-order valence-electron chi connectivity index (χ2n) is 6.68. The van der Waals surface area contributed by atoms with Crippen molar-refractivity contribution in [2.75, 3.05) is 11.4 Å². The number of amides is 1. The van der Waals surface area contributed by atoms with Gasteiger partial charge in [0.15, 0.2) is 5.76 Å². The van der Waals surface area contributed by atoms with Crippen LogP contribution in [0.1, 0.15) is 12.1 Å². The van der Waals surface area contributed by atoms with Gasteiger partial charge in [-0.05, 0) is 48.5 Å². The van der Waals surface area contributed by atoms with E-state index in [2.05, 4.69) is 5.16 Å². The van der Waals surface area contributed by atoms with Gasteiger partial charge >= 0.3 is 5.97 Å². The summed E-state index contributed by atoms with van der Waals surface area (Å²) in [6.45, 7) is 0.0632. The summed E-state index contributed by atoms with van der Waals surface area (Å²) in [7, 11) is 0. The molecule has 0 saturated carbocycles. The molecule has 8 heteroatoms. The van der Waals surface area contributed by atoms with Crippen molar-refractivity contribution in [3.8, 4) is 11.3 Å². The molecule has 0 bridgehead atoms. The lowest BCUT2D eigenvalue weighted by atomic mass is 10.1. The van der Waals surface area contributed by atoms with E-state index in [-0.39, 0.29) is 31.3 Å². The molecule has 1 amide bonds. The zero-order chi connectivity index (χ0) is 20.4. The number of nitrogens with zero attached hydrogens (tertiary/aromatic N) is 2. The minimum atomic E-state index is -0.615. The van der Waals surface area contributed by atoms with Crippen molar-refractivity contribution in [1.82, 2.24) is 5.16 Å². The van der Waals surface area contributed by atoms with Gasteiger partial charge in [-0.3, -0.25) is 9.59 Å². The third-order valence-electron chi connectivity index (χ3n) is 4.65. The Labute approximate surface area is 164 Å². The Morgan fingerprint density at radius 2 is 1.76 bits per heavy atom. The van der Waals surface area contributed by atoms with Gasteiger partial charge in [0.25, 0.3) is 0 Å². The summed E-state index contributed by atoms with van der Waals surface area (Å²) in [5.74, 6) is -1.69. The van der Waals surface area contributed by atoms with Crippen LogP contribution in [0.3, 0.4) is 0 Å². The van der Waals surface area contributed by atoms with Gasteiger partial charge in [-0.25, -0.2) is 8.78 Å². The first kappa shape index (κ1) is 18.8. The fraction of sp³-hybridized carbons (Fsp3) is 0.190. The molecule has 0 aliphatic carbocycles. The monoisotopic (exact) mass is 398 g/mol. The number of hydrogen-bond donors (Lipinski definition) is 0. The smallest absolute Gasteiger partial charge is 0.311 e. The van der Waals surface area contributed by atoms with Crippen molar-refractivity contribution < 1.29 is 27.6 Å². The van der Waals surface area contributed by atoms with E-state index in [0.29, 0.717) is 22.7 Å². The lowest BCUT2D eigenvalue weighted by molar-refractivity contribution is -0.149. The van der Waals surface area contributed by atoms with Crippen LogP contribution in [-0.2, 0) is 20.9 Å². The Balaban J connectivity index is 1.35. The normalized spacial score (nSPS) is 16.3. The maximum atomic E-state index is 13.1. The summed E-state index contributed by atoms with van der Waals surface area (Å²) in [4.78, 5) is 26.0. The number of carbonyl (C=O) groups is 2. The average Bonchev–Trinajstić information content (AvgIpc) is 3.34. The SMILES string of the molecule is O=C(OCc1cc(-c2ccc(F)cc2)on1)C1CC(=O)N(c2ccc(F)cc2)C1. The molecule has 0 N–H and O–H groups in total. The van der Waals surface area contributed by atoms with E-state index >= 15 is 0 Å². The van der Waals surface area contributed by atoms with Gasteiger partial charge in [-0.1, -0.05) is 5.16 Å². The molecule has 2 heterocycles. The number of halogens is 2. The predicted octanol–water partition coefficient (Wildman–Crippen LogP) is 3.72. The molecule has 3 aromatic rings. The highest BCUT2D eigenvalue weighted by Gasteiger charge is 2.36. The van der Waals surface area contributed by atoms with E-state index in [1.54, 1.807) is 18.2 Å². The zero-order valence-electron chi connectivity index (χ0n) is 15.2. The highest BCUT2D eigenvalue weighted by molar-refractivity contribution is 5.99. The van der Waals surface area contributed by atoms with Gasteiger partial charge in [-0.2, -0.15) is 0 Å². The van der Waals surface area contributed by atoms with Crippen LogP contribution in [0.5, 0.6) is 0 Å². The Morgan fingerprint density at radius 1 is 1.10 bits per heavy atom. The summed E-state index contributed by atoms with van der Waals surface area (Å²) in [5, 5.41) is 3.84. The van der Waals surface area contributed by atoms with E-state index < -0.39 is 17.7 Å².